The third-order valence-corrected chi connectivity index (χ3v) is 2.76. The second kappa shape index (κ2) is 5.13. The SMILES string of the molecule is CNc1nc(C)c([N+](=O)[O-])c(N2CCOCC2)n1. The third kappa shape index (κ3) is 2.33. The first-order valence-electron chi connectivity index (χ1n) is 5.67. The first-order valence-corrected chi connectivity index (χ1v) is 5.67. The highest BCUT2D eigenvalue weighted by atomic mass is 16.6. The van der Waals surface area contributed by atoms with Gasteiger partial charge in [-0.25, -0.2) is 4.98 Å². The van der Waals surface area contributed by atoms with E-state index in [0.717, 1.165) is 0 Å². The Bertz CT molecular complexity index is 459. The fraction of sp³-hybridized carbons (Fsp3) is 0.600. The van der Waals surface area contributed by atoms with E-state index in [9.17, 15) is 10.1 Å². The summed E-state index contributed by atoms with van der Waals surface area (Å²) in [5, 5.41) is 13.9. The molecule has 98 valence electrons. The first-order chi connectivity index (χ1) is 8.63. The number of ether oxygens (including phenoxy) is 1. The van der Waals surface area contributed by atoms with E-state index in [1.807, 2.05) is 4.90 Å². The Hall–Kier alpha value is -1.96. The van der Waals surface area contributed by atoms with Gasteiger partial charge < -0.3 is 15.0 Å². The molecule has 0 bridgehead atoms. The molecule has 0 atom stereocenters. The van der Waals surface area contributed by atoms with Crippen molar-refractivity contribution in [2.75, 3.05) is 43.6 Å². The van der Waals surface area contributed by atoms with Crippen LogP contribution in [0.15, 0.2) is 0 Å². The van der Waals surface area contributed by atoms with Crippen LogP contribution < -0.4 is 10.2 Å². The predicted octanol–water partition coefficient (Wildman–Crippen LogP) is 0.572. The van der Waals surface area contributed by atoms with Gasteiger partial charge in [0.1, 0.15) is 5.69 Å². The summed E-state index contributed by atoms with van der Waals surface area (Å²) in [6.45, 7) is 3.91. The summed E-state index contributed by atoms with van der Waals surface area (Å²) < 4.78 is 5.24. The van der Waals surface area contributed by atoms with Crippen molar-refractivity contribution < 1.29 is 9.66 Å². The summed E-state index contributed by atoms with van der Waals surface area (Å²) in [4.78, 5) is 20.8. The summed E-state index contributed by atoms with van der Waals surface area (Å²) in [7, 11) is 1.68. The Morgan fingerprint density at radius 3 is 2.61 bits per heavy atom. The molecule has 2 heterocycles. The third-order valence-electron chi connectivity index (χ3n) is 2.76. The van der Waals surface area contributed by atoms with E-state index in [-0.39, 0.29) is 5.69 Å². The molecular weight excluding hydrogens is 238 g/mol. The van der Waals surface area contributed by atoms with Crippen molar-refractivity contribution in [2.24, 2.45) is 0 Å². The Morgan fingerprint density at radius 2 is 2.06 bits per heavy atom. The molecule has 0 spiro atoms. The largest absolute Gasteiger partial charge is 0.378 e. The number of nitro groups is 1. The van der Waals surface area contributed by atoms with Gasteiger partial charge in [-0.2, -0.15) is 4.98 Å². The van der Waals surface area contributed by atoms with Crippen LogP contribution >= 0.6 is 0 Å². The minimum Gasteiger partial charge on any atom is -0.378 e. The van der Waals surface area contributed by atoms with E-state index in [1.165, 1.54) is 0 Å². The minimum absolute atomic E-state index is 0.0316. The second-order valence-electron chi connectivity index (χ2n) is 3.91. The van der Waals surface area contributed by atoms with Gasteiger partial charge in [0, 0.05) is 20.1 Å². The quantitative estimate of drug-likeness (QED) is 0.621. The maximum Gasteiger partial charge on any atom is 0.332 e. The van der Waals surface area contributed by atoms with Crippen molar-refractivity contribution in [3.8, 4) is 0 Å². The molecular formula is C10H15N5O3. The zero-order valence-corrected chi connectivity index (χ0v) is 10.3. The summed E-state index contributed by atoms with van der Waals surface area (Å²) in [6, 6.07) is 0. The van der Waals surface area contributed by atoms with Gasteiger partial charge in [0.2, 0.25) is 11.8 Å². The van der Waals surface area contributed by atoms with Gasteiger partial charge in [0.05, 0.1) is 18.1 Å². The number of hydrogen-bond acceptors (Lipinski definition) is 7. The minimum atomic E-state index is -0.431. The highest BCUT2D eigenvalue weighted by Gasteiger charge is 2.27. The lowest BCUT2D eigenvalue weighted by Gasteiger charge is -2.27. The zero-order chi connectivity index (χ0) is 13.1. The maximum absolute atomic E-state index is 11.1. The molecule has 0 radical (unpaired) electrons. The normalized spacial score (nSPS) is 15.6. The second-order valence-corrected chi connectivity index (χ2v) is 3.91. The molecule has 2 rings (SSSR count). The highest BCUT2D eigenvalue weighted by molar-refractivity contribution is 5.62. The van der Waals surface area contributed by atoms with E-state index >= 15 is 0 Å². The lowest BCUT2D eigenvalue weighted by Crippen LogP contribution is -2.37. The molecule has 1 fully saturated rings. The van der Waals surface area contributed by atoms with Gasteiger partial charge in [0.25, 0.3) is 0 Å². The van der Waals surface area contributed by atoms with E-state index in [4.69, 9.17) is 4.74 Å². The molecule has 1 N–H and O–H groups in total. The Morgan fingerprint density at radius 1 is 1.39 bits per heavy atom. The average molecular weight is 253 g/mol. The molecule has 1 aliphatic rings. The number of morpholine rings is 1. The van der Waals surface area contributed by atoms with Gasteiger partial charge in [-0.1, -0.05) is 0 Å². The van der Waals surface area contributed by atoms with Crippen LogP contribution in [0.5, 0.6) is 0 Å². The van der Waals surface area contributed by atoms with E-state index in [1.54, 1.807) is 14.0 Å². The van der Waals surface area contributed by atoms with Crippen LogP contribution in [-0.2, 0) is 4.74 Å². The van der Waals surface area contributed by atoms with E-state index in [2.05, 4.69) is 15.3 Å². The number of nitrogens with zero attached hydrogens (tertiary/aromatic N) is 4. The first kappa shape index (κ1) is 12.5. The zero-order valence-electron chi connectivity index (χ0n) is 10.3. The fourth-order valence-electron chi connectivity index (χ4n) is 1.87. The van der Waals surface area contributed by atoms with E-state index < -0.39 is 4.92 Å². The lowest BCUT2D eigenvalue weighted by atomic mass is 10.3. The van der Waals surface area contributed by atoms with Crippen LogP contribution in [0, 0.1) is 17.0 Å². The highest BCUT2D eigenvalue weighted by Crippen LogP contribution is 2.30. The molecule has 0 unspecified atom stereocenters. The number of anilines is 2. The molecule has 1 aromatic heterocycles. The molecule has 18 heavy (non-hydrogen) atoms. The lowest BCUT2D eigenvalue weighted by molar-refractivity contribution is -0.385. The predicted molar refractivity (Wildman–Crippen MR) is 66.0 cm³/mol. The maximum atomic E-state index is 11.1. The van der Waals surface area contributed by atoms with Crippen LogP contribution in [0.4, 0.5) is 17.5 Å². The molecule has 1 saturated heterocycles. The Kier molecular flexibility index (Phi) is 3.56. The van der Waals surface area contributed by atoms with Crippen molar-refractivity contribution in [3.05, 3.63) is 15.8 Å². The summed E-state index contributed by atoms with van der Waals surface area (Å²) >= 11 is 0. The number of aromatic nitrogens is 2. The summed E-state index contributed by atoms with van der Waals surface area (Å²) in [5.74, 6) is 0.750. The van der Waals surface area contributed by atoms with Crippen molar-refractivity contribution in [2.45, 2.75) is 6.92 Å². The summed E-state index contributed by atoms with van der Waals surface area (Å²) in [6.07, 6.45) is 0. The van der Waals surface area contributed by atoms with Crippen LogP contribution in [0.1, 0.15) is 5.69 Å². The Balaban J connectivity index is 2.47. The number of hydrogen-bond donors (Lipinski definition) is 1. The van der Waals surface area contributed by atoms with Crippen LogP contribution in [0.25, 0.3) is 0 Å². The number of nitrogens with one attached hydrogen (secondary N) is 1. The van der Waals surface area contributed by atoms with Crippen molar-refractivity contribution in [1.82, 2.24) is 9.97 Å². The fourth-order valence-corrected chi connectivity index (χ4v) is 1.87. The van der Waals surface area contributed by atoms with Gasteiger partial charge in [-0.05, 0) is 6.92 Å². The van der Waals surface area contributed by atoms with Crippen molar-refractivity contribution in [1.29, 1.82) is 0 Å². The van der Waals surface area contributed by atoms with Gasteiger partial charge in [0.15, 0.2) is 0 Å². The standard InChI is InChI=1S/C10H15N5O3/c1-7-8(15(16)17)9(13-10(11-2)12-7)14-3-5-18-6-4-14/h3-6H2,1-2H3,(H,11,12,13). The molecule has 0 aromatic carbocycles. The molecule has 8 heteroatoms. The van der Waals surface area contributed by atoms with Gasteiger partial charge in [-0.3, -0.25) is 10.1 Å². The smallest absolute Gasteiger partial charge is 0.332 e. The van der Waals surface area contributed by atoms with Crippen molar-refractivity contribution >= 4 is 17.5 Å². The van der Waals surface area contributed by atoms with Gasteiger partial charge in [-0.15, -0.1) is 0 Å². The topological polar surface area (TPSA) is 93.4 Å². The molecule has 1 aromatic rings. The van der Waals surface area contributed by atoms with Crippen LogP contribution in [0.3, 0.4) is 0 Å². The summed E-state index contributed by atoms with van der Waals surface area (Å²) in [5.41, 5.74) is 0.330. The molecule has 0 saturated carbocycles. The number of aryl methyl sites for hydroxylation is 1. The molecule has 0 aliphatic carbocycles. The van der Waals surface area contributed by atoms with Crippen LogP contribution in [0.2, 0.25) is 0 Å². The van der Waals surface area contributed by atoms with Crippen molar-refractivity contribution in [3.63, 3.8) is 0 Å². The van der Waals surface area contributed by atoms with Gasteiger partial charge >= 0.3 is 5.69 Å². The molecule has 0 amide bonds. The molecule has 1 aliphatic heterocycles. The monoisotopic (exact) mass is 253 g/mol. The molecule has 8 nitrogen and oxygen atoms in total. The number of rotatable bonds is 3. The average Bonchev–Trinajstić information content (AvgIpc) is 2.38. The van der Waals surface area contributed by atoms with E-state index in [0.29, 0.717) is 43.8 Å². The Labute approximate surface area is 104 Å². The van der Waals surface area contributed by atoms with Crippen LogP contribution in [-0.4, -0.2) is 48.2 Å².